The molecule has 1 heterocycles. The molecule has 0 radical (unpaired) electrons. The summed E-state index contributed by atoms with van der Waals surface area (Å²) >= 11 is 0. The molecule has 100 valence electrons. The molecule has 2 rings (SSSR count). The summed E-state index contributed by atoms with van der Waals surface area (Å²) in [5.74, 6) is 0.842. The highest BCUT2D eigenvalue weighted by molar-refractivity contribution is 5.35. The van der Waals surface area contributed by atoms with Gasteiger partial charge in [-0.05, 0) is 12.5 Å². The molecule has 0 saturated carbocycles. The SMILES string of the molecule is Cc1c(Cc2ccc([N+](=O)[O-])cc2)nc(CN)n1C. The summed E-state index contributed by atoms with van der Waals surface area (Å²) in [6, 6.07) is 6.54. The minimum absolute atomic E-state index is 0.101. The van der Waals surface area contributed by atoms with Gasteiger partial charge in [0.15, 0.2) is 0 Å². The van der Waals surface area contributed by atoms with Gasteiger partial charge >= 0.3 is 0 Å². The van der Waals surface area contributed by atoms with E-state index in [1.54, 1.807) is 12.1 Å². The van der Waals surface area contributed by atoms with E-state index in [-0.39, 0.29) is 5.69 Å². The quantitative estimate of drug-likeness (QED) is 0.669. The number of benzene rings is 1. The van der Waals surface area contributed by atoms with Crippen LogP contribution in [0.1, 0.15) is 22.8 Å². The van der Waals surface area contributed by atoms with Gasteiger partial charge in [-0.2, -0.15) is 0 Å². The topological polar surface area (TPSA) is 87.0 Å². The van der Waals surface area contributed by atoms with Crippen molar-refractivity contribution in [1.82, 2.24) is 9.55 Å². The maximum atomic E-state index is 10.6. The first-order chi connectivity index (χ1) is 9.02. The monoisotopic (exact) mass is 260 g/mol. The molecule has 0 bridgehead atoms. The molecular weight excluding hydrogens is 244 g/mol. The Morgan fingerprint density at radius 2 is 2.00 bits per heavy atom. The molecule has 1 aromatic carbocycles. The van der Waals surface area contributed by atoms with E-state index in [0.717, 1.165) is 22.8 Å². The second kappa shape index (κ2) is 5.19. The van der Waals surface area contributed by atoms with Crippen LogP contribution in [0, 0.1) is 17.0 Å². The summed E-state index contributed by atoms with van der Waals surface area (Å²) in [6.45, 7) is 2.39. The minimum Gasteiger partial charge on any atom is -0.334 e. The zero-order valence-corrected chi connectivity index (χ0v) is 11.0. The van der Waals surface area contributed by atoms with Gasteiger partial charge in [-0.25, -0.2) is 4.98 Å². The third kappa shape index (κ3) is 2.63. The highest BCUT2D eigenvalue weighted by atomic mass is 16.6. The van der Waals surface area contributed by atoms with Crippen LogP contribution in [0.2, 0.25) is 0 Å². The van der Waals surface area contributed by atoms with Crippen LogP contribution in [0.3, 0.4) is 0 Å². The standard InChI is InChI=1S/C13H16N4O2/c1-9-12(15-13(8-14)16(9)2)7-10-3-5-11(6-4-10)17(18)19/h3-6H,7-8,14H2,1-2H3. The van der Waals surface area contributed by atoms with Crippen LogP contribution in [0.15, 0.2) is 24.3 Å². The van der Waals surface area contributed by atoms with Crippen LogP contribution in [0.5, 0.6) is 0 Å². The summed E-state index contributed by atoms with van der Waals surface area (Å²) < 4.78 is 1.97. The lowest BCUT2D eigenvalue weighted by molar-refractivity contribution is -0.384. The normalized spacial score (nSPS) is 10.7. The average Bonchev–Trinajstić information content (AvgIpc) is 2.67. The van der Waals surface area contributed by atoms with Crippen LogP contribution in [-0.2, 0) is 20.0 Å². The zero-order chi connectivity index (χ0) is 14.0. The van der Waals surface area contributed by atoms with Gasteiger partial charge < -0.3 is 10.3 Å². The van der Waals surface area contributed by atoms with Gasteiger partial charge in [0, 0.05) is 31.3 Å². The highest BCUT2D eigenvalue weighted by Gasteiger charge is 2.11. The number of nitrogens with zero attached hydrogens (tertiary/aromatic N) is 3. The van der Waals surface area contributed by atoms with Crippen molar-refractivity contribution in [3.63, 3.8) is 0 Å². The molecule has 0 saturated heterocycles. The summed E-state index contributed by atoms with van der Waals surface area (Å²) in [5.41, 5.74) is 8.74. The van der Waals surface area contributed by atoms with Crippen molar-refractivity contribution in [3.05, 3.63) is 57.2 Å². The number of hydrogen-bond acceptors (Lipinski definition) is 4. The van der Waals surface area contributed by atoms with Gasteiger partial charge in [0.2, 0.25) is 0 Å². The van der Waals surface area contributed by atoms with Crippen molar-refractivity contribution in [3.8, 4) is 0 Å². The third-order valence-electron chi connectivity index (χ3n) is 3.27. The molecule has 6 nitrogen and oxygen atoms in total. The summed E-state index contributed by atoms with van der Waals surface area (Å²) in [7, 11) is 1.93. The van der Waals surface area contributed by atoms with E-state index in [1.807, 2.05) is 18.5 Å². The fraction of sp³-hybridized carbons (Fsp3) is 0.308. The molecule has 0 aliphatic heterocycles. The fourth-order valence-corrected chi connectivity index (χ4v) is 1.98. The van der Waals surface area contributed by atoms with Crippen LogP contribution >= 0.6 is 0 Å². The molecule has 0 aliphatic carbocycles. The molecule has 0 unspecified atom stereocenters. The second-order valence-electron chi connectivity index (χ2n) is 4.42. The molecule has 2 aromatic rings. The highest BCUT2D eigenvalue weighted by Crippen LogP contribution is 2.17. The molecule has 0 atom stereocenters. The Balaban J connectivity index is 2.23. The molecule has 0 fully saturated rings. The summed E-state index contributed by atoms with van der Waals surface area (Å²) in [6.07, 6.45) is 0.650. The van der Waals surface area contributed by atoms with Crippen molar-refractivity contribution in [2.75, 3.05) is 0 Å². The Labute approximate surface area is 111 Å². The van der Waals surface area contributed by atoms with Gasteiger partial charge in [-0.15, -0.1) is 0 Å². The number of imidazole rings is 1. The van der Waals surface area contributed by atoms with E-state index in [2.05, 4.69) is 4.98 Å². The van der Waals surface area contributed by atoms with Gasteiger partial charge in [-0.1, -0.05) is 12.1 Å². The lowest BCUT2D eigenvalue weighted by atomic mass is 10.1. The number of nitrogens with two attached hydrogens (primary N) is 1. The van der Waals surface area contributed by atoms with Crippen LogP contribution < -0.4 is 5.73 Å². The first kappa shape index (κ1) is 13.2. The summed E-state index contributed by atoms with van der Waals surface area (Å²) in [4.78, 5) is 14.7. The van der Waals surface area contributed by atoms with Gasteiger partial charge in [0.05, 0.1) is 17.2 Å². The predicted octanol–water partition coefficient (Wildman–Crippen LogP) is 1.69. The molecule has 0 amide bonds. The van der Waals surface area contributed by atoms with Crippen molar-refractivity contribution >= 4 is 5.69 Å². The van der Waals surface area contributed by atoms with Crippen LogP contribution in [0.4, 0.5) is 5.69 Å². The van der Waals surface area contributed by atoms with E-state index in [1.165, 1.54) is 12.1 Å². The first-order valence-electron chi connectivity index (χ1n) is 5.97. The van der Waals surface area contributed by atoms with E-state index in [0.29, 0.717) is 13.0 Å². The number of nitro benzene ring substituents is 1. The average molecular weight is 260 g/mol. The third-order valence-corrected chi connectivity index (χ3v) is 3.27. The molecule has 2 N–H and O–H groups in total. The molecular formula is C13H16N4O2. The molecule has 6 heteroatoms. The zero-order valence-electron chi connectivity index (χ0n) is 11.0. The number of rotatable bonds is 4. The molecule has 0 spiro atoms. The number of aromatic nitrogens is 2. The Bertz CT molecular complexity index is 602. The lowest BCUT2D eigenvalue weighted by Crippen LogP contribution is -2.05. The Kier molecular flexibility index (Phi) is 3.62. The van der Waals surface area contributed by atoms with Crippen molar-refractivity contribution in [2.24, 2.45) is 12.8 Å². The second-order valence-corrected chi connectivity index (χ2v) is 4.42. The maximum Gasteiger partial charge on any atom is 0.269 e. The van der Waals surface area contributed by atoms with Gasteiger partial charge in [0.1, 0.15) is 5.82 Å². The van der Waals surface area contributed by atoms with E-state index in [9.17, 15) is 10.1 Å². The van der Waals surface area contributed by atoms with Crippen LogP contribution in [0.25, 0.3) is 0 Å². The van der Waals surface area contributed by atoms with Crippen molar-refractivity contribution in [2.45, 2.75) is 19.9 Å². The Hall–Kier alpha value is -2.21. The van der Waals surface area contributed by atoms with E-state index in [4.69, 9.17) is 5.73 Å². The Morgan fingerprint density at radius 1 is 1.37 bits per heavy atom. The number of hydrogen-bond donors (Lipinski definition) is 1. The van der Waals surface area contributed by atoms with Crippen molar-refractivity contribution < 1.29 is 4.92 Å². The lowest BCUT2D eigenvalue weighted by Gasteiger charge is -2.01. The number of nitro groups is 1. The Morgan fingerprint density at radius 3 is 2.47 bits per heavy atom. The largest absolute Gasteiger partial charge is 0.334 e. The van der Waals surface area contributed by atoms with Crippen LogP contribution in [-0.4, -0.2) is 14.5 Å². The van der Waals surface area contributed by atoms with Gasteiger partial charge in [-0.3, -0.25) is 10.1 Å². The molecule has 19 heavy (non-hydrogen) atoms. The van der Waals surface area contributed by atoms with E-state index >= 15 is 0 Å². The molecule has 0 aliphatic rings. The first-order valence-corrected chi connectivity index (χ1v) is 5.97. The maximum absolute atomic E-state index is 10.6. The van der Waals surface area contributed by atoms with E-state index < -0.39 is 4.92 Å². The number of non-ortho nitro benzene ring substituents is 1. The molecule has 1 aromatic heterocycles. The smallest absolute Gasteiger partial charge is 0.269 e. The fourth-order valence-electron chi connectivity index (χ4n) is 1.98. The minimum atomic E-state index is -0.400. The summed E-state index contributed by atoms with van der Waals surface area (Å²) in [5, 5.41) is 10.6. The van der Waals surface area contributed by atoms with Crippen molar-refractivity contribution in [1.29, 1.82) is 0 Å². The predicted molar refractivity (Wildman–Crippen MR) is 71.7 cm³/mol. The van der Waals surface area contributed by atoms with Gasteiger partial charge in [0.25, 0.3) is 5.69 Å².